The van der Waals surface area contributed by atoms with Crippen molar-refractivity contribution in [2.24, 2.45) is 7.05 Å². The fourth-order valence-corrected chi connectivity index (χ4v) is 3.49. The average Bonchev–Trinajstić information content (AvgIpc) is 3.07. The minimum Gasteiger partial charge on any atom is -0.317 e. The number of fused-ring (bicyclic) bond motifs is 1. The summed E-state index contributed by atoms with van der Waals surface area (Å²) in [6.07, 6.45) is 3.25. The molecule has 4 rings (SSSR count). The summed E-state index contributed by atoms with van der Waals surface area (Å²) in [5.41, 5.74) is 0.650. The number of rotatable bonds is 3. The first-order valence-electron chi connectivity index (χ1n) is 8.05. The molecule has 0 spiro atoms. The highest BCUT2D eigenvalue weighted by Crippen LogP contribution is 2.41. The Balaban J connectivity index is 2.10. The van der Waals surface area contributed by atoms with Crippen LogP contribution in [0.3, 0.4) is 0 Å². The maximum Gasteiger partial charge on any atom is 0.332 e. The van der Waals surface area contributed by atoms with Gasteiger partial charge < -0.3 is 9.88 Å². The van der Waals surface area contributed by atoms with Gasteiger partial charge in [0.05, 0.1) is 0 Å². The smallest absolute Gasteiger partial charge is 0.317 e. The zero-order valence-corrected chi connectivity index (χ0v) is 13.0. The summed E-state index contributed by atoms with van der Waals surface area (Å²) in [5.74, 6) is 1.43. The lowest BCUT2D eigenvalue weighted by molar-refractivity contribution is 0.533. The highest BCUT2D eigenvalue weighted by Gasteiger charge is 2.34. The van der Waals surface area contributed by atoms with Crippen molar-refractivity contribution in [3.63, 3.8) is 0 Å². The minimum absolute atomic E-state index is 0.202. The predicted molar refractivity (Wildman–Crippen MR) is 83.4 cm³/mol. The molecular weight excluding hydrogens is 282 g/mol. The van der Waals surface area contributed by atoms with Gasteiger partial charge in [-0.1, -0.05) is 0 Å². The molecular formula is C15H21N5O2. The number of aryl methyl sites for hydroxylation is 1. The summed E-state index contributed by atoms with van der Waals surface area (Å²) in [7, 11) is 1.71. The van der Waals surface area contributed by atoms with Gasteiger partial charge in [0, 0.05) is 32.1 Å². The normalized spacial score (nSPS) is 21.8. The molecule has 0 aromatic carbocycles. The van der Waals surface area contributed by atoms with Gasteiger partial charge in [-0.25, -0.2) is 9.78 Å². The van der Waals surface area contributed by atoms with Gasteiger partial charge in [-0.2, -0.15) is 0 Å². The van der Waals surface area contributed by atoms with Crippen LogP contribution >= 0.6 is 0 Å². The van der Waals surface area contributed by atoms with E-state index in [-0.39, 0.29) is 17.3 Å². The van der Waals surface area contributed by atoms with Crippen molar-refractivity contribution in [1.82, 2.24) is 24.0 Å². The first-order valence-corrected chi connectivity index (χ1v) is 8.05. The summed E-state index contributed by atoms with van der Waals surface area (Å²) in [6, 6.07) is 0.260. The van der Waals surface area contributed by atoms with Crippen LogP contribution in [0.4, 0.5) is 0 Å². The quantitative estimate of drug-likeness (QED) is 0.887. The molecule has 2 aromatic heterocycles. The first kappa shape index (κ1) is 13.8. The molecule has 0 amide bonds. The van der Waals surface area contributed by atoms with E-state index in [1.54, 1.807) is 7.05 Å². The van der Waals surface area contributed by atoms with E-state index in [0.717, 1.165) is 38.2 Å². The fraction of sp³-hybridized carbons (Fsp3) is 0.667. The predicted octanol–water partition coefficient (Wildman–Crippen LogP) is 0.328. The molecule has 1 saturated carbocycles. The van der Waals surface area contributed by atoms with Crippen molar-refractivity contribution in [2.45, 2.75) is 44.7 Å². The van der Waals surface area contributed by atoms with E-state index < -0.39 is 0 Å². The van der Waals surface area contributed by atoms with E-state index in [0.29, 0.717) is 23.6 Å². The Hall–Kier alpha value is -1.89. The van der Waals surface area contributed by atoms with Gasteiger partial charge >= 0.3 is 5.69 Å². The molecule has 22 heavy (non-hydrogen) atoms. The van der Waals surface area contributed by atoms with Crippen molar-refractivity contribution < 1.29 is 0 Å². The summed E-state index contributed by atoms with van der Waals surface area (Å²) < 4.78 is 4.95. The number of nitrogens with one attached hydrogen (secondary N) is 1. The van der Waals surface area contributed by atoms with Gasteiger partial charge in [-0.3, -0.25) is 13.9 Å². The van der Waals surface area contributed by atoms with Crippen LogP contribution in [0.1, 0.15) is 44.0 Å². The molecule has 118 valence electrons. The third-order valence-corrected chi connectivity index (χ3v) is 4.86. The monoisotopic (exact) mass is 303 g/mol. The zero-order valence-electron chi connectivity index (χ0n) is 13.0. The average molecular weight is 303 g/mol. The second-order valence-corrected chi connectivity index (χ2v) is 6.32. The summed E-state index contributed by atoms with van der Waals surface area (Å²) in [5, 5.41) is 3.36. The molecule has 1 N–H and O–H groups in total. The van der Waals surface area contributed by atoms with Crippen LogP contribution in [0.15, 0.2) is 9.59 Å². The number of aromatic nitrogens is 4. The molecule has 2 aliphatic rings. The van der Waals surface area contributed by atoms with Crippen LogP contribution in [0, 0.1) is 0 Å². The van der Waals surface area contributed by atoms with Crippen molar-refractivity contribution in [2.75, 3.05) is 13.1 Å². The molecule has 1 atom stereocenters. The van der Waals surface area contributed by atoms with Crippen LogP contribution < -0.4 is 16.6 Å². The number of nitrogens with zero attached hydrogens (tertiary/aromatic N) is 4. The molecule has 0 radical (unpaired) electrons. The summed E-state index contributed by atoms with van der Waals surface area (Å²) >= 11 is 0. The Kier molecular flexibility index (Phi) is 3.00. The van der Waals surface area contributed by atoms with E-state index >= 15 is 0 Å². The molecule has 2 aromatic rings. The molecule has 7 nitrogen and oxygen atoms in total. The zero-order chi connectivity index (χ0) is 15.4. The molecule has 1 saturated heterocycles. The van der Waals surface area contributed by atoms with E-state index in [4.69, 9.17) is 4.98 Å². The van der Waals surface area contributed by atoms with Crippen molar-refractivity contribution in [3.05, 3.63) is 26.7 Å². The second-order valence-electron chi connectivity index (χ2n) is 6.32. The van der Waals surface area contributed by atoms with Crippen molar-refractivity contribution in [1.29, 1.82) is 0 Å². The van der Waals surface area contributed by atoms with Crippen LogP contribution in [0.5, 0.6) is 0 Å². The lowest BCUT2D eigenvalue weighted by atomic mass is 10.2. The molecule has 7 heteroatoms. The third-order valence-electron chi connectivity index (χ3n) is 4.86. The Bertz CT molecular complexity index is 849. The number of hydrogen-bond acceptors (Lipinski definition) is 4. The van der Waals surface area contributed by atoms with Gasteiger partial charge in [0.1, 0.15) is 5.82 Å². The topological polar surface area (TPSA) is 73.8 Å². The van der Waals surface area contributed by atoms with Gasteiger partial charge in [-0.05, 0) is 32.7 Å². The van der Waals surface area contributed by atoms with Crippen molar-refractivity contribution >= 4 is 11.2 Å². The Morgan fingerprint density at radius 3 is 2.64 bits per heavy atom. The third kappa shape index (κ3) is 1.81. The van der Waals surface area contributed by atoms with Crippen LogP contribution in [-0.4, -0.2) is 31.8 Å². The van der Waals surface area contributed by atoms with Gasteiger partial charge in [0.15, 0.2) is 11.2 Å². The van der Waals surface area contributed by atoms with E-state index in [9.17, 15) is 9.59 Å². The van der Waals surface area contributed by atoms with Crippen molar-refractivity contribution in [3.8, 4) is 0 Å². The molecule has 1 aliphatic carbocycles. The molecule has 1 unspecified atom stereocenters. The van der Waals surface area contributed by atoms with Gasteiger partial charge in [0.2, 0.25) is 0 Å². The lowest BCUT2D eigenvalue weighted by Gasteiger charge is -2.15. The molecule has 0 bridgehead atoms. The molecule has 1 aliphatic heterocycles. The van der Waals surface area contributed by atoms with Crippen LogP contribution in [0.2, 0.25) is 0 Å². The summed E-state index contributed by atoms with van der Waals surface area (Å²) in [6.45, 7) is 4.03. The Labute approximate surface area is 127 Å². The highest BCUT2D eigenvalue weighted by atomic mass is 16.2. The maximum absolute atomic E-state index is 12.8. The SMILES string of the molecule is CCn1c(=O)c2c(nc(C3CC3)n2C2CCNC2)n(C)c1=O. The van der Waals surface area contributed by atoms with Crippen LogP contribution in [0.25, 0.3) is 11.2 Å². The minimum atomic E-state index is -0.281. The number of hydrogen-bond donors (Lipinski definition) is 1. The van der Waals surface area contributed by atoms with E-state index in [1.165, 1.54) is 9.13 Å². The van der Waals surface area contributed by atoms with E-state index in [2.05, 4.69) is 9.88 Å². The van der Waals surface area contributed by atoms with E-state index in [1.807, 2.05) is 6.92 Å². The largest absolute Gasteiger partial charge is 0.332 e. The maximum atomic E-state index is 12.8. The first-order chi connectivity index (χ1) is 10.6. The second kappa shape index (κ2) is 4.81. The van der Waals surface area contributed by atoms with Gasteiger partial charge in [0.25, 0.3) is 5.56 Å². The number of imidazole rings is 1. The fourth-order valence-electron chi connectivity index (χ4n) is 3.49. The standard InChI is InChI=1S/C15H21N5O2/c1-3-19-14(21)11-13(18(2)15(19)22)17-12(9-4-5-9)20(11)10-6-7-16-8-10/h9-10,16H,3-8H2,1-2H3. The molecule has 2 fully saturated rings. The van der Waals surface area contributed by atoms with Crippen LogP contribution in [-0.2, 0) is 13.6 Å². The summed E-state index contributed by atoms with van der Waals surface area (Å²) in [4.78, 5) is 29.9. The Morgan fingerprint density at radius 2 is 2.05 bits per heavy atom. The molecule has 3 heterocycles. The Morgan fingerprint density at radius 1 is 1.27 bits per heavy atom. The highest BCUT2D eigenvalue weighted by molar-refractivity contribution is 5.71. The lowest BCUT2D eigenvalue weighted by Crippen LogP contribution is -2.39. The van der Waals surface area contributed by atoms with Gasteiger partial charge in [-0.15, -0.1) is 0 Å².